The average Bonchev–Trinajstić information content (AvgIpc) is 2.67. The van der Waals surface area contributed by atoms with Gasteiger partial charge >= 0.3 is 5.97 Å². The van der Waals surface area contributed by atoms with E-state index in [0.717, 1.165) is 27.8 Å². The Kier molecular flexibility index (Phi) is 4.59. The highest BCUT2D eigenvalue weighted by Crippen LogP contribution is 2.31. The number of carbonyl (C=O) groups excluding carboxylic acids is 2. The Bertz CT molecular complexity index is 649. The van der Waals surface area contributed by atoms with Gasteiger partial charge in [0, 0.05) is 0 Å². The number of rotatable bonds is 4. The number of hydrogen-bond acceptors (Lipinski definition) is 4. The van der Waals surface area contributed by atoms with Gasteiger partial charge in [0.1, 0.15) is 6.54 Å². The highest BCUT2D eigenvalue weighted by Gasteiger charge is 2.36. The van der Waals surface area contributed by atoms with E-state index >= 15 is 0 Å². The van der Waals surface area contributed by atoms with Crippen molar-refractivity contribution >= 4 is 35.0 Å². The van der Waals surface area contributed by atoms with Crippen LogP contribution in [-0.4, -0.2) is 33.7 Å². The molecule has 1 aromatic rings. The summed E-state index contributed by atoms with van der Waals surface area (Å²) in [4.78, 5) is 35.2. The van der Waals surface area contributed by atoms with Gasteiger partial charge in [-0.2, -0.15) is 0 Å². The topological polar surface area (TPSA) is 74.7 Å². The van der Waals surface area contributed by atoms with Gasteiger partial charge in [-0.1, -0.05) is 36.4 Å². The van der Waals surface area contributed by atoms with Crippen molar-refractivity contribution in [1.82, 2.24) is 4.90 Å². The number of carboxylic acids is 1. The lowest BCUT2D eigenvalue weighted by molar-refractivity contribution is -0.140. The van der Waals surface area contributed by atoms with Crippen LogP contribution in [0.15, 0.2) is 46.9 Å². The molecule has 108 valence electrons. The first-order valence-corrected chi connectivity index (χ1v) is 6.99. The van der Waals surface area contributed by atoms with E-state index < -0.39 is 23.7 Å². The molecule has 2 rings (SSSR count). The van der Waals surface area contributed by atoms with Gasteiger partial charge in [-0.3, -0.25) is 19.3 Å². The number of amides is 2. The quantitative estimate of drug-likeness (QED) is 0.866. The Balaban J connectivity index is 2.18. The minimum absolute atomic E-state index is 0.242. The van der Waals surface area contributed by atoms with Gasteiger partial charge in [0.05, 0.1) is 4.91 Å². The molecule has 0 saturated carbocycles. The largest absolute Gasteiger partial charge is 0.480 e. The molecule has 6 heteroatoms. The number of hydrogen-bond donors (Lipinski definition) is 1. The molecule has 0 aromatic heterocycles. The summed E-state index contributed by atoms with van der Waals surface area (Å²) in [6.07, 6.45) is 3.48. The lowest BCUT2D eigenvalue weighted by Crippen LogP contribution is -2.33. The van der Waals surface area contributed by atoms with Crippen molar-refractivity contribution in [1.29, 1.82) is 0 Å². The predicted molar refractivity (Wildman–Crippen MR) is 80.5 cm³/mol. The average molecular weight is 303 g/mol. The van der Waals surface area contributed by atoms with Crippen LogP contribution < -0.4 is 0 Å². The molecule has 1 aliphatic rings. The van der Waals surface area contributed by atoms with E-state index in [1.54, 1.807) is 6.08 Å². The van der Waals surface area contributed by atoms with E-state index in [9.17, 15) is 14.4 Å². The second-order valence-corrected chi connectivity index (χ2v) is 5.45. The molecule has 0 unspecified atom stereocenters. The molecule has 0 spiro atoms. The molecule has 1 aromatic carbocycles. The standard InChI is InChI=1S/C15H13NO4S/c1-10(7-11-5-3-2-4-6-11)8-12-14(19)16(9-13(17)18)15(20)21-12/h2-8H,9H2,1H3,(H,17,18)/b10-7-,12-8-. The van der Waals surface area contributed by atoms with Crippen molar-refractivity contribution in [3.63, 3.8) is 0 Å². The molecular formula is C15H13NO4S. The van der Waals surface area contributed by atoms with Gasteiger partial charge in [0.2, 0.25) is 0 Å². The Morgan fingerprint density at radius 1 is 1.29 bits per heavy atom. The van der Waals surface area contributed by atoms with E-state index in [4.69, 9.17) is 5.11 Å². The minimum Gasteiger partial charge on any atom is -0.480 e. The van der Waals surface area contributed by atoms with Crippen LogP contribution >= 0.6 is 11.8 Å². The Labute approximate surface area is 125 Å². The highest BCUT2D eigenvalue weighted by atomic mass is 32.2. The monoisotopic (exact) mass is 303 g/mol. The van der Waals surface area contributed by atoms with Gasteiger partial charge < -0.3 is 5.11 Å². The summed E-state index contributed by atoms with van der Waals surface area (Å²) in [6.45, 7) is 1.21. The van der Waals surface area contributed by atoms with Crippen molar-refractivity contribution in [2.24, 2.45) is 0 Å². The fourth-order valence-electron chi connectivity index (χ4n) is 1.83. The lowest BCUT2D eigenvalue weighted by Gasteiger charge is -2.07. The van der Waals surface area contributed by atoms with Crippen LogP contribution in [-0.2, 0) is 9.59 Å². The zero-order valence-electron chi connectivity index (χ0n) is 11.3. The number of aliphatic carboxylic acids is 1. The molecule has 0 radical (unpaired) electrons. The summed E-state index contributed by atoms with van der Waals surface area (Å²) in [6, 6.07) is 9.56. The maximum Gasteiger partial charge on any atom is 0.323 e. The second-order valence-electron chi connectivity index (χ2n) is 4.46. The van der Waals surface area contributed by atoms with Crippen molar-refractivity contribution in [3.05, 3.63) is 52.4 Å². The van der Waals surface area contributed by atoms with Crippen molar-refractivity contribution in [2.45, 2.75) is 6.92 Å². The molecule has 1 saturated heterocycles. The first-order chi connectivity index (χ1) is 9.97. The molecule has 0 aliphatic carbocycles. The SMILES string of the molecule is CC(=C/c1ccccc1)/C=C1\SC(=O)N(CC(=O)O)C1=O. The van der Waals surface area contributed by atoms with Crippen LogP contribution in [0, 0.1) is 0 Å². The van der Waals surface area contributed by atoms with E-state index in [1.807, 2.05) is 43.3 Å². The molecule has 0 atom stereocenters. The van der Waals surface area contributed by atoms with E-state index in [2.05, 4.69) is 0 Å². The third-order valence-electron chi connectivity index (χ3n) is 2.72. The Hall–Kier alpha value is -2.34. The molecule has 0 bridgehead atoms. The van der Waals surface area contributed by atoms with Gasteiger partial charge in [0.25, 0.3) is 11.1 Å². The maximum absolute atomic E-state index is 12.0. The van der Waals surface area contributed by atoms with E-state index in [-0.39, 0.29) is 4.91 Å². The third kappa shape index (κ3) is 3.82. The molecule has 1 heterocycles. The van der Waals surface area contributed by atoms with Crippen LogP contribution in [0.25, 0.3) is 6.08 Å². The fourth-order valence-corrected chi connectivity index (χ4v) is 2.72. The zero-order valence-corrected chi connectivity index (χ0v) is 12.1. The first-order valence-electron chi connectivity index (χ1n) is 6.18. The number of carbonyl (C=O) groups is 3. The molecular weight excluding hydrogens is 290 g/mol. The van der Waals surface area contributed by atoms with Crippen molar-refractivity contribution in [3.8, 4) is 0 Å². The van der Waals surface area contributed by atoms with Crippen molar-refractivity contribution in [2.75, 3.05) is 6.54 Å². The lowest BCUT2D eigenvalue weighted by atomic mass is 10.1. The predicted octanol–water partition coefficient (Wildman–Crippen LogP) is 2.75. The highest BCUT2D eigenvalue weighted by molar-refractivity contribution is 8.18. The molecule has 1 N–H and O–H groups in total. The van der Waals surface area contributed by atoms with Gasteiger partial charge in [0.15, 0.2) is 0 Å². The van der Waals surface area contributed by atoms with Crippen molar-refractivity contribution < 1.29 is 19.5 Å². The number of benzene rings is 1. The Morgan fingerprint density at radius 3 is 2.57 bits per heavy atom. The normalized spacial score (nSPS) is 17.7. The van der Waals surface area contributed by atoms with Gasteiger partial charge in [-0.15, -0.1) is 0 Å². The Morgan fingerprint density at radius 2 is 1.95 bits per heavy atom. The number of carboxylic acid groups (broad SMARTS) is 1. The maximum atomic E-state index is 12.0. The summed E-state index contributed by atoms with van der Waals surface area (Å²) < 4.78 is 0. The summed E-state index contributed by atoms with van der Waals surface area (Å²) in [5, 5.41) is 8.13. The number of nitrogens with zero attached hydrogens (tertiary/aromatic N) is 1. The van der Waals surface area contributed by atoms with E-state index in [0.29, 0.717) is 0 Å². The number of allylic oxidation sites excluding steroid dienone is 2. The van der Waals surface area contributed by atoms with Crippen LogP contribution in [0.1, 0.15) is 12.5 Å². The zero-order chi connectivity index (χ0) is 15.4. The summed E-state index contributed by atoms with van der Waals surface area (Å²) in [7, 11) is 0. The summed E-state index contributed by atoms with van der Waals surface area (Å²) >= 11 is 0.757. The van der Waals surface area contributed by atoms with Crippen LogP contribution in [0.3, 0.4) is 0 Å². The van der Waals surface area contributed by atoms with E-state index in [1.165, 1.54) is 0 Å². The molecule has 1 aliphatic heterocycles. The second kappa shape index (κ2) is 6.41. The molecule has 2 amide bonds. The van der Waals surface area contributed by atoms with Gasteiger partial charge in [-0.05, 0) is 35.9 Å². The molecule has 1 fully saturated rings. The third-order valence-corrected chi connectivity index (χ3v) is 3.63. The molecule has 5 nitrogen and oxygen atoms in total. The summed E-state index contributed by atoms with van der Waals surface area (Å²) in [5.41, 5.74) is 1.79. The number of imide groups is 1. The smallest absolute Gasteiger partial charge is 0.323 e. The van der Waals surface area contributed by atoms with Gasteiger partial charge in [-0.25, -0.2) is 0 Å². The minimum atomic E-state index is -1.21. The molecule has 21 heavy (non-hydrogen) atoms. The van der Waals surface area contributed by atoms with Crippen LogP contribution in [0.4, 0.5) is 4.79 Å². The summed E-state index contributed by atoms with van der Waals surface area (Å²) in [5.74, 6) is -1.77. The van der Waals surface area contributed by atoms with Crippen LogP contribution in [0.5, 0.6) is 0 Å². The van der Waals surface area contributed by atoms with Crippen LogP contribution in [0.2, 0.25) is 0 Å². The first kappa shape index (κ1) is 15.1. The fraction of sp³-hybridized carbons (Fsp3) is 0.133. The number of thioether (sulfide) groups is 1.